The minimum Gasteiger partial charge on any atom is -0.486 e. The number of benzene rings is 1. The molecule has 0 radical (unpaired) electrons. The molecule has 8 nitrogen and oxygen atoms in total. The van der Waals surface area contributed by atoms with E-state index in [4.69, 9.17) is 14.3 Å². The van der Waals surface area contributed by atoms with Gasteiger partial charge in [-0.2, -0.15) is 0 Å². The zero-order valence-corrected chi connectivity index (χ0v) is 14.9. The first-order valence-corrected chi connectivity index (χ1v) is 8.55. The Morgan fingerprint density at radius 3 is 2.69 bits per heavy atom. The SMILES string of the molecule is OCc1nnc(-c2ccc(N3CC(Oc4ccc(F)cc4Br)C3)nn2)o1. The molecule has 1 aliphatic rings. The number of ether oxygens (including phenoxy) is 1. The van der Waals surface area contributed by atoms with E-state index in [0.717, 1.165) is 0 Å². The van der Waals surface area contributed by atoms with Crippen LogP contribution < -0.4 is 9.64 Å². The van der Waals surface area contributed by atoms with Crippen LogP contribution in [0.1, 0.15) is 5.89 Å². The molecule has 1 aliphatic heterocycles. The molecule has 4 rings (SSSR count). The molecule has 0 bridgehead atoms. The van der Waals surface area contributed by atoms with Gasteiger partial charge in [-0.1, -0.05) is 0 Å². The van der Waals surface area contributed by atoms with Crippen LogP contribution in [-0.2, 0) is 6.61 Å². The molecule has 1 saturated heterocycles. The largest absolute Gasteiger partial charge is 0.486 e. The van der Waals surface area contributed by atoms with Crippen LogP contribution in [0.2, 0.25) is 0 Å². The Bertz CT molecular complexity index is 915. The van der Waals surface area contributed by atoms with E-state index in [2.05, 4.69) is 36.3 Å². The lowest BCUT2D eigenvalue weighted by atomic mass is 10.1. The summed E-state index contributed by atoms with van der Waals surface area (Å²) in [5, 5.41) is 24.6. The Morgan fingerprint density at radius 2 is 2.04 bits per heavy atom. The Morgan fingerprint density at radius 1 is 1.19 bits per heavy atom. The Balaban J connectivity index is 1.36. The van der Waals surface area contributed by atoms with Crippen molar-refractivity contribution >= 4 is 21.7 Å². The topological polar surface area (TPSA) is 97.4 Å². The second-order valence-electron chi connectivity index (χ2n) is 5.66. The lowest BCUT2D eigenvalue weighted by Gasteiger charge is -2.39. The van der Waals surface area contributed by atoms with Gasteiger partial charge in [-0.15, -0.1) is 20.4 Å². The maximum absolute atomic E-state index is 13.1. The number of anilines is 1. The van der Waals surface area contributed by atoms with Gasteiger partial charge in [0.2, 0.25) is 5.89 Å². The van der Waals surface area contributed by atoms with Crippen molar-refractivity contribution in [3.63, 3.8) is 0 Å². The first kappa shape index (κ1) is 16.9. The summed E-state index contributed by atoms with van der Waals surface area (Å²) in [5.74, 6) is 1.32. The zero-order valence-electron chi connectivity index (χ0n) is 13.3. The minimum atomic E-state index is -0.322. The van der Waals surface area contributed by atoms with Crippen LogP contribution in [-0.4, -0.2) is 44.7 Å². The summed E-state index contributed by atoms with van der Waals surface area (Å²) >= 11 is 3.29. The third kappa shape index (κ3) is 3.37. The van der Waals surface area contributed by atoms with Crippen molar-refractivity contribution in [2.24, 2.45) is 0 Å². The molecular weight excluding hydrogens is 409 g/mol. The molecule has 134 valence electrons. The molecule has 10 heteroatoms. The molecule has 0 spiro atoms. The van der Waals surface area contributed by atoms with E-state index in [1.165, 1.54) is 12.1 Å². The van der Waals surface area contributed by atoms with E-state index in [1.807, 2.05) is 4.90 Å². The summed E-state index contributed by atoms with van der Waals surface area (Å²) in [6.07, 6.45) is -0.0127. The fourth-order valence-corrected chi connectivity index (χ4v) is 2.92. The van der Waals surface area contributed by atoms with Crippen LogP contribution in [0.25, 0.3) is 11.6 Å². The van der Waals surface area contributed by atoms with Crippen LogP contribution in [0.5, 0.6) is 5.75 Å². The molecule has 3 aromatic rings. The van der Waals surface area contributed by atoms with Crippen molar-refractivity contribution in [2.75, 3.05) is 18.0 Å². The molecule has 0 unspecified atom stereocenters. The first-order chi connectivity index (χ1) is 12.6. The number of rotatable bonds is 5. The van der Waals surface area contributed by atoms with Crippen molar-refractivity contribution in [3.05, 3.63) is 46.5 Å². The fourth-order valence-electron chi connectivity index (χ4n) is 2.48. The average molecular weight is 422 g/mol. The normalized spacial score (nSPS) is 14.3. The summed E-state index contributed by atoms with van der Waals surface area (Å²) < 4.78 is 24.7. The van der Waals surface area contributed by atoms with Crippen molar-refractivity contribution in [3.8, 4) is 17.3 Å². The molecule has 26 heavy (non-hydrogen) atoms. The van der Waals surface area contributed by atoms with Gasteiger partial charge in [0.05, 0.1) is 17.6 Å². The second-order valence-corrected chi connectivity index (χ2v) is 6.51. The van der Waals surface area contributed by atoms with Gasteiger partial charge >= 0.3 is 0 Å². The maximum Gasteiger partial charge on any atom is 0.268 e. The summed E-state index contributed by atoms with van der Waals surface area (Å²) in [6, 6.07) is 7.86. The highest BCUT2D eigenvalue weighted by Gasteiger charge is 2.30. The predicted molar refractivity (Wildman–Crippen MR) is 92.0 cm³/mol. The predicted octanol–water partition coefficient (Wildman–Crippen LogP) is 2.19. The lowest BCUT2D eigenvalue weighted by Crippen LogP contribution is -2.54. The number of aliphatic hydroxyl groups is 1. The smallest absolute Gasteiger partial charge is 0.268 e. The number of aromatic nitrogens is 4. The van der Waals surface area contributed by atoms with Crippen molar-refractivity contribution in [1.82, 2.24) is 20.4 Å². The quantitative estimate of drug-likeness (QED) is 0.669. The van der Waals surface area contributed by atoms with Crippen LogP contribution in [0.4, 0.5) is 10.2 Å². The average Bonchev–Trinajstić information content (AvgIpc) is 3.09. The minimum absolute atomic E-state index is 0.0127. The highest BCUT2D eigenvalue weighted by Crippen LogP contribution is 2.29. The Hall–Kier alpha value is -2.59. The van der Waals surface area contributed by atoms with Gasteiger partial charge in [0.25, 0.3) is 5.89 Å². The number of aliphatic hydroxyl groups excluding tert-OH is 1. The molecule has 0 atom stereocenters. The van der Waals surface area contributed by atoms with Gasteiger partial charge in [-0.25, -0.2) is 4.39 Å². The second kappa shape index (κ2) is 6.96. The summed E-state index contributed by atoms with van der Waals surface area (Å²) in [7, 11) is 0. The van der Waals surface area contributed by atoms with E-state index in [0.29, 0.717) is 34.8 Å². The van der Waals surface area contributed by atoms with Crippen LogP contribution >= 0.6 is 15.9 Å². The highest BCUT2D eigenvalue weighted by molar-refractivity contribution is 9.10. The summed E-state index contributed by atoms with van der Waals surface area (Å²) in [5.41, 5.74) is 0.435. The molecule has 1 fully saturated rings. The number of nitrogens with zero attached hydrogens (tertiary/aromatic N) is 5. The molecule has 0 saturated carbocycles. The lowest BCUT2D eigenvalue weighted by molar-refractivity contribution is 0.165. The molecule has 1 aromatic carbocycles. The van der Waals surface area contributed by atoms with Gasteiger partial charge in [-0.3, -0.25) is 0 Å². The molecular formula is C16H13BrFN5O3. The van der Waals surface area contributed by atoms with Crippen molar-refractivity contribution in [2.45, 2.75) is 12.7 Å². The van der Waals surface area contributed by atoms with Crippen molar-refractivity contribution < 1.29 is 18.7 Å². The number of hydrogen-bond acceptors (Lipinski definition) is 8. The van der Waals surface area contributed by atoms with E-state index < -0.39 is 0 Å². The summed E-state index contributed by atoms with van der Waals surface area (Å²) in [6.45, 7) is 0.970. The van der Waals surface area contributed by atoms with Crippen LogP contribution in [0.3, 0.4) is 0 Å². The monoisotopic (exact) mass is 421 g/mol. The van der Waals surface area contributed by atoms with E-state index >= 15 is 0 Å². The van der Waals surface area contributed by atoms with Gasteiger partial charge < -0.3 is 19.2 Å². The third-order valence-electron chi connectivity index (χ3n) is 3.83. The van der Waals surface area contributed by atoms with E-state index in [1.54, 1.807) is 18.2 Å². The Kier molecular flexibility index (Phi) is 4.51. The Labute approximate surface area is 155 Å². The molecule has 0 amide bonds. The molecule has 1 N–H and O–H groups in total. The third-order valence-corrected chi connectivity index (χ3v) is 4.45. The van der Waals surface area contributed by atoms with Gasteiger partial charge in [-0.05, 0) is 46.3 Å². The number of halogens is 2. The molecule has 2 aromatic heterocycles. The molecule has 3 heterocycles. The van der Waals surface area contributed by atoms with Gasteiger partial charge in [0.15, 0.2) is 5.82 Å². The van der Waals surface area contributed by atoms with E-state index in [9.17, 15) is 4.39 Å². The van der Waals surface area contributed by atoms with E-state index in [-0.39, 0.29) is 30.3 Å². The van der Waals surface area contributed by atoms with Gasteiger partial charge in [0, 0.05) is 0 Å². The summed E-state index contributed by atoms with van der Waals surface area (Å²) in [4.78, 5) is 2.01. The van der Waals surface area contributed by atoms with Crippen molar-refractivity contribution in [1.29, 1.82) is 0 Å². The first-order valence-electron chi connectivity index (χ1n) is 7.76. The standard InChI is InChI=1S/C16H13BrFN5O3/c17-11-5-9(18)1-3-13(11)25-10-6-23(7-10)14-4-2-12(19-20-14)16-22-21-15(8-24)26-16/h1-5,10,24H,6-8H2. The highest BCUT2D eigenvalue weighted by atomic mass is 79.9. The fraction of sp³-hybridized carbons (Fsp3) is 0.250. The van der Waals surface area contributed by atoms with Gasteiger partial charge in [0.1, 0.15) is 30.0 Å². The van der Waals surface area contributed by atoms with Crippen LogP contribution in [0.15, 0.2) is 39.2 Å². The maximum atomic E-state index is 13.1. The molecule has 0 aliphatic carbocycles. The zero-order chi connectivity index (χ0) is 18.1. The van der Waals surface area contributed by atoms with Crippen LogP contribution in [0, 0.1) is 5.82 Å². The number of hydrogen-bond donors (Lipinski definition) is 1.